The molecule has 1 aromatic heterocycles. The molecular formula is C19H16BrN3O2S. The molecule has 1 fully saturated rings. The van der Waals surface area contributed by atoms with Gasteiger partial charge in [-0.05, 0) is 29.8 Å². The summed E-state index contributed by atoms with van der Waals surface area (Å²) in [5.74, 6) is 1.46. The van der Waals surface area contributed by atoms with Gasteiger partial charge in [0.1, 0.15) is 5.76 Å². The number of fused-ring (bicyclic) bond motifs is 1. The highest BCUT2D eigenvalue weighted by molar-refractivity contribution is 9.10. The molecule has 1 aromatic carbocycles. The van der Waals surface area contributed by atoms with Gasteiger partial charge in [-0.15, -0.1) is 0 Å². The van der Waals surface area contributed by atoms with Gasteiger partial charge in [0.15, 0.2) is 0 Å². The molecule has 1 atom stereocenters. The molecule has 1 unspecified atom stereocenters. The van der Waals surface area contributed by atoms with Gasteiger partial charge in [-0.1, -0.05) is 39.8 Å². The highest BCUT2D eigenvalue weighted by Crippen LogP contribution is 2.42. The van der Waals surface area contributed by atoms with Gasteiger partial charge in [0.25, 0.3) is 0 Å². The molecule has 0 bridgehead atoms. The van der Waals surface area contributed by atoms with Gasteiger partial charge in [0.05, 0.1) is 42.0 Å². The second-order valence-electron chi connectivity index (χ2n) is 6.29. The minimum absolute atomic E-state index is 0.0561. The molecule has 7 heteroatoms. The number of nitriles is 1. The summed E-state index contributed by atoms with van der Waals surface area (Å²) in [6, 6.07) is 14.0. The smallest absolute Gasteiger partial charge is 0.229 e. The molecule has 132 valence electrons. The zero-order valence-corrected chi connectivity index (χ0v) is 16.3. The first-order valence-corrected chi connectivity index (χ1v) is 10.0. The van der Waals surface area contributed by atoms with Gasteiger partial charge in [0, 0.05) is 16.8 Å². The summed E-state index contributed by atoms with van der Waals surface area (Å²) in [7, 11) is 0. The molecule has 0 aliphatic carbocycles. The number of allylic oxidation sites excluding steroid dienone is 1. The van der Waals surface area contributed by atoms with Crippen molar-refractivity contribution in [2.45, 2.75) is 18.9 Å². The minimum Gasteiger partial charge on any atom is -0.468 e. The lowest BCUT2D eigenvalue weighted by atomic mass is 9.86. The molecule has 26 heavy (non-hydrogen) atoms. The van der Waals surface area contributed by atoms with Crippen LogP contribution in [0.3, 0.4) is 0 Å². The van der Waals surface area contributed by atoms with E-state index in [4.69, 9.17) is 4.42 Å². The second-order valence-corrected chi connectivity index (χ2v) is 8.14. The first kappa shape index (κ1) is 17.4. The number of rotatable bonds is 3. The maximum atomic E-state index is 12.8. The average Bonchev–Trinajstić information content (AvgIpc) is 3.15. The van der Waals surface area contributed by atoms with Crippen LogP contribution in [0, 0.1) is 11.3 Å². The van der Waals surface area contributed by atoms with Crippen LogP contribution in [0.2, 0.25) is 0 Å². The van der Waals surface area contributed by atoms with Gasteiger partial charge in [-0.25, -0.2) is 0 Å². The summed E-state index contributed by atoms with van der Waals surface area (Å²) in [6.45, 7) is 1.13. The number of carbonyl (C=O) groups is 1. The molecule has 2 aromatic rings. The molecule has 5 nitrogen and oxygen atoms in total. The molecule has 0 radical (unpaired) electrons. The third kappa shape index (κ3) is 3.32. The lowest BCUT2D eigenvalue weighted by Gasteiger charge is -2.41. The monoisotopic (exact) mass is 429 g/mol. The summed E-state index contributed by atoms with van der Waals surface area (Å²) in [6.07, 6.45) is 1.97. The number of halogens is 1. The van der Waals surface area contributed by atoms with E-state index in [0.29, 0.717) is 25.2 Å². The number of thioether (sulfide) groups is 1. The summed E-state index contributed by atoms with van der Waals surface area (Å²) >= 11 is 5.03. The minimum atomic E-state index is -0.180. The lowest BCUT2D eigenvalue weighted by Crippen LogP contribution is -2.46. The number of furan rings is 1. The fourth-order valence-corrected chi connectivity index (χ4v) is 4.89. The van der Waals surface area contributed by atoms with Crippen LogP contribution in [-0.4, -0.2) is 28.3 Å². The number of benzene rings is 1. The topological polar surface area (TPSA) is 60.5 Å². The second kappa shape index (κ2) is 7.31. The Morgan fingerprint density at radius 1 is 1.35 bits per heavy atom. The molecule has 0 N–H and O–H groups in total. The van der Waals surface area contributed by atoms with Crippen molar-refractivity contribution in [3.05, 3.63) is 69.1 Å². The van der Waals surface area contributed by atoms with Crippen LogP contribution in [0.4, 0.5) is 0 Å². The Morgan fingerprint density at radius 2 is 2.23 bits per heavy atom. The Morgan fingerprint density at radius 3 is 2.96 bits per heavy atom. The Bertz CT molecular complexity index is 904. The Balaban J connectivity index is 1.62. The first-order valence-electron chi connectivity index (χ1n) is 8.23. The van der Waals surface area contributed by atoms with E-state index in [1.807, 2.05) is 36.4 Å². The summed E-state index contributed by atoms with van der Waals surface area (Å²) < 4.78 is 6.36. The van der Waals surface area contributed by atoms with Crippen molar-refractivity contribution in [2.75, 3.05) is 12.5 Å². The maximum absolute atomic E-state index is 12.8. The summed E-state index contributed by atoms with van der Waals surface area (Å²) in [5, 5.41) is 10.6. The van der Waals surface area contributed by atoms with Gasteiger partial charge in [-0.3, -0.25) is 14.6 Å². The molecule has 1 saturated heterocycles. The Labute approximate surface area is 164 Å². The van der Waals surface area contributed by atoms with Gasteiger partial charge in [-0.2, -0.15) is 5.26 Å². The van der Waals surface area contributed by atoms with Crippen LogP contribution in [0.15, 0.2) is 62.2 Å². The zero-order valence-electron chi connectivity index (χ0n) is 13.9. The molecule has 0 saturated carbocycles. The van der Waals surface area contributed by atoms with Crippen molar-refractivity contribution in [3.63, 3.8) is 0 Å². The zero-order chi connectivity index (χ0) is 18.1. The predicted octanol–water partition coefficient (Wildman–Crippen LogP) is 4.26. The number of carbonyl (C=O) groups excluding carboxylic acids is 1. The standard InChI is InChI=1S/C19H16BrN3O2S/c20-14-4-1-3-13(7-14)16-8-18(24)23-11-22(10-15-5-2-6-25-15)12-26-19(23)17(16)9-21/h1-7,16H,8,10-12H2. The van der Waals surface area contributed by atoms with Gasteiger partial charge < -0.3 is 4.42 Å². The van der Waals surface area contributed by atoms with E-state index in [1.165, 1.54) is 0 Å². The highest BCUT2D eigenvalue weighted by atomic mass is 79.9. The van der Waals surface area contributed by atoms with Crippen molar-refractivity contribution >= 4 is 33.6 Å². The first-order chi connectivity index (χ1) is 12.7. The predicted molar refractivity (Wildman–Crippen MR) is 103 cm³/mol. The van der Waals surface area contributed by atoms with Crippen molar-refractivity contribution < 1.29 is 9.21 Å². The highest BCUT2D eigenvalue weighted by Gasteiger charge is 2.38. The van der Waals surface area contributed by atoms with E-state index in [1.54, 1.807) is 22.9 Å². The number of hydrogen-bond donors (Lipinski definition) is 0. The van der Waals surface area contributed by atoms with Crippen LogP contribution < -0.4 is 0 Å². The molecule has 2 aliphatic heterocycles. The third-order valence-corrected chi connectivity index (χ3v) is 6.26. The summed E-state index contributed by atoms with van der Waals surface area (Å²) in [5.41, 5.74) is 1.68. The lowest BCUT2D eigenvalue weighted by molar-refractivity contribution is -0.132. The van der Waals surface area contributed by atoms with Gasteiger partial charge in [0.2, 0.25) is 5.91 Å². The van der Waals surface area contributed by atoms with Gasteiger partial charge >= 0.3 is 0 Å². The number of amides is 1. The van der Waals surface area contributed by atoms with Crippen molar-refractivity contribution in [2.24, 2.45) is 0 Å². The molecule has 4 rings (SSSR count). The molecule has 2 aliphatic rings. The fourth-order valence-electron chi connectivity index (χ4n) is 3.34. The summed E-state index contributed by atoms with van der Waals surface area (Å²) in [4.78, 5) is 16.7. The quantitative estimate of drug-likeness (QED) is 0.729. The normalized spacial score (nSPS) is 20.8. The van der Waals surface area contributed by atoms with Crippen LogP contribution >= 0.6 is 27.7 Å². The van der Waals surface area contributed by atoms with E-state index in [-0.39, 0.29) is 11.8 Å². The van der Waals surface area contributed by atoms with E-state index < -0.39 is 0 Å². The van der Waals surface area contributed by atoms with Crippen LogP contribution in [0.1, 0.15) is 23.7 Å². The van der Waals surface area contributed by atoms with Crippen LogP contribution in [0.25, 0.3) is 0 Å². The number of nitrogens with zero attached hydrogens (tertiary/aromatic N) is 3. The Hall–Kier alpha value is -2.01. The average molecular weight is 430 g/mol. The van der Waals surface area contributed by atoms with E-state index in [2.05, 4.69) is 26.9 Å². The van der Waals surface area contributed by atoms with E-state index >= 15 is 0 Å². The molecule has 1 amide bonds. The van der Waals surface area contributed by atoms with E-state index in [9.17, 15) is 10.1 Å². The SMILES string of the molecule is N#CC1=C2SCN(Cc3ccco3)CN2C(=O)CC1c1cccc(Br)c1. The van der Waals surface area contributed by atoms with Crippen molar-refractivity contribution in [1.29, 1.82) is 5.26 Å². The van der Waals surface area contributed by atoms with Crippen molar-refractivity contribution in [3.8, 4) is 6.07 Å². The molecular weight excluding hydrogens is 414 g/mol. The largest absolute Gasteiger partial charge is 0.468 e. The Kier molecular flexibility index (Phi) is 4.90. The molecule has 0 spiro atoms. The van der Waals surface area contributed by atoms with Crippen LogP contribution in [-0.2, 0) is 11.3 Å². The molecule has 3 heterocycles. The van der Waals surface area contributed by atoms with Crippen molar-refractivity contribution in [1.82, 2.24) is 9.80 Å². The van der Waals surface area contributed by atoms with E-state index in [0.717, 1.165) is 26.7 Å². The van der Waals surface area contributed by atoms with Crippen LogP contribution in [0.5, 0.6) is 0 Å². The number of hydrogen-bond acceptors (Lipinski definition) is 5. The maximum Gasteiger partial charge on any atom is 0.229 e. The third-order valence-electron chi connectivity index (χ3n) is 4.56. The fraction of sp³-hybridized carbons (Fsp3) is 0.263.